The summed E-state index contributed by atoms with van der Waals surface area (Å²) in [6, 6.07) is 3.86. The summed E-state index contributed by atoms with van der Waals surface area (Å²) in [5.41, 5.74) is 3.78. The molecule has 3 unspecified atom stereocenters. The maximum atomic E-state index is 13.0. The molecular weight excluding hydrogens is 464 g/mol. The smallest absolute Gasteiger partial charge is 0.333 e. The van der Waals surface area contributed by atoms with Crippen molar-refractivity contribution in [2.24, 2.45) is 11.8 Å². The number of ether oxygens (including phenoxy) is 7. The van der Waals surface area contributed by atoms with Gasteiger partial charge in [0.15, 0.2) is 23.0 Å². The minimum Gasteiger partial charge on any atom is -0.493 e. The van der Waals surface area contributed by atoms with E-state index >= 15 is 0 Å². The molecule has 8 heteroatoms. The molecule has 8 nitrogen and oxygen atoms in total. The molecule has 3 atom stereocenters. The average molecular weight is 499 g/mol. The Morgan fingerprint density at radius 2 is 1.64 bits per heavy atom. The van der Waals surface area contributed by atoms with Crippen LogP contribution in [0.3, 0.4) is 0 Å². The van der Waals surface area contributed by atoms with Crippen molar-refractivity contribution in [3.05, 3.63) is 34.9 Å². The molecule has 194 valence electrons. The molecule has 0 aromatic heterocycles. The van der Waals surface area contributed by atoms with E-state index in [1.54, 1.807) is 41.4 Å². The van der Waals surface area contributed by atoms with E-state index in [0.29, 0.717) is 52.1 Å². The number of hydrogen-bond donors (Lipinski definition) is 0. The molecule has 0 N–H and O–H groups in total. The summed E-state index contributed by atoms with van der Waals surface area (Å²) in [6.45, 7) is 7.87. The third kappa shape index (κ3) is 4.08. The molecular formula is C28H34O8. The first-order valence-corrected chi connectivity index (χ1v) is 12.0. The lowest BCUT2D eigenvalue weighted by Crippen LogP contribution is -2.27. The maximum absolute atomic E-state index is 13.0. The van der Waals surface area contributed by atoms with E-state index in [-0.39, 0.29) is 24.6 Å². The number of hydrogen-bond acceptors (Lipinski definition) is 8. The summed E-state index contributed by atoms with van der Waals surface area (Å²) in [6.07, 6.45) is 1.85. The van der Waals surface area contributed by atoms with Gasteiger partial charge in [0, 0.05) is 28.2 Å². The number of methoxy groups -OCH3 is 4. The minimum atomic E-state index is -0.577. The molecule has 1 heterocycles. The van der Waals surface area contributed by atoms with Crippen molar-refractivity contribution in [2.75, 3.05) is 35.2 Å². The van der Waals surface area contributed by atoms with E-state index in [9.17, 15) is 4.79 Å². The van der Waals surface area contributed by atoms with E-state index in [4.69, 9.17) is 33.2 Å². The normalized spacial score (nSPS) is 20.4. The second-order valence-electron chi connectivity index (χ2n) is 9.13. The summed E-state index contributed by atoms with van der Waals surface area (Å²) in [5.74, 6) is 2.79. The van der Waals surface area contributed by atoms with Crippen LogP contribution in [-0.2, 0) is 16.0 Å². The molecule has 0 saturated carbocycles. The quantitative estimate of drug-likeness (QED) is 0.382. The first-order valence-electron chi connectivity index (χ1n) is 12.0. The largest absolute Gasteiger partial charge is 0.493 e. The Bertz CT molecular complexity index is 1200. The fraction of sp³-hybridized carbons (Fsp3) is 0.464. The SMILES string of the molecule is CC=C(C)C(=O)OC1c2cc3c(c(OC)c2-c2c(cc(OC)c(OC)c2OC)CC(C)C1C)OCO3. The molecule has 0 amide bonds. The van der Waals surface area contributed by atoms with Gasteiger partial charge in [0.1, 0.15) is 6.10 Å². The molecule has 36 heavy (non-hydrogen) atoms. The molecule has 4 rings (SSSR count). The highest BCUT2D eigenvalue weighted by atomic mass is 16.7. The topological polar surface area (TPSA) is 81.7 Å². The Balaban J connectivity index is 2.12. The monoisotopic (exact) mass is 498 g/mol. The molecule has 0 radical (unpaired) electrons. The number of esters is 1. The lowest BCUT2D eigenvalue weighted by Gasteiger charge is -2.35. The third-order valence-electron chi connectivity index (χ3n) is 7.23. The summed E-state index contributed by atoms with van der Waals surface area (Å²) >= 11 is 0. The van der Waals surface area contributed by atoms with Crippen LogP contribution in [0.1, 0.15) is 44.9 Å². The Hall–Kier alpha value is -3.55. The van der Waals surface area contributed by atoms with Gasteiger partial charge in [0.25, 0.3) is 0 Å². The summed E-state index contributed by atoms with van der Waals surface area (Å²) in [7, 11) is 6.35. The number of carbonyl (C=O) groups is 1. The van der Waals surface area contributed by atoms with Crippen LogP contribution in [0.25, 0.3) is 11.1 Å². The van der Waals surface area contributed by atoms with Crippen molar-refractivity contribution >= 4 is 5.97 Å². The Morgan fingerprint density at radius 3 is 2.25 bits per heavy atom. The molecule has 1 aliphatic heterocycles. The van der Waals surface area contributed by atoms with Crippen LogP contribution in [0.5, 0.6) is 34.5 Å². The number of benzene rings is 2. The third-order valence-corrected chi connectivity index (χ3v) is 7.23. The highest BCUT2D eigenvalue weighted by molar-refractivity contribution is 5.90. The van der Waals surface area contributed by atoms with Crippen LogP contribution in [-0.4, -0.2) is 41.2 Å². The van der Waals surface area contributed by atoms with Crippen molar-refractivity contribution in [2.45, 2.75) is 40.2 Å². The zero-order valence-electron chi connectivity index (χ0n) is 22.1. The maximum Gasteiger partial charge on any atom is 0.333 e. The second kappa shape index (κ2) is 10.2. The van der Waals surface area contributed by atoms with Crippen LogP contribution >= 0.6 is 0 Å². The van der Waals surface area contributed by atoms with Crippen molar-refractivity contribution in [1.29, 1.82) is 0 Å². The van der Waals surface area contributed by atoms with E-state index < -0.39 is 6.10 Å². The number of fused-ring (bicyclic) bond motifs is 4. The summed E-state index contributed by atoms with van der Waals surface area (Å²) in [4.78, 5) is 13.0. The molecule has 0 spiro atoms. The Kier molecular flexibility index (Phi) is 7.24. The molecule has 0 saturated heterocycles. The molecule has 0 bridgehead atoms. The minimum absolute atomic E-state index is 0.0327. The molecule has 1 aliphatic carbocycles. The predicted molar refractivity (Wildman–Crippen MR) is 135 cm³/mol. The van der Waals surface area contributed by atoms with Gasteiger partial charge >= 0.3 is 5.97 Å². The van der Waals surface area contributed by atoms with E-state index in [2.05, 4.69) is 13.8 Å². The average Bonchev–Trinajstić information content (AvgIpc) is 3.36. The van der Waals surface area contributed by atoms with Gasteiger partial charge in [-0.25, -0.2) is 4.79 Å². The van der Waals surface area contributed by atoms with Gasteiger partial charge in [0.05, 0.1) is 28.4 Å². The van der Waals surface area contributed by atoms with Crippen molar-refractivity contribution in [1.82, 2.24) is 0 Å². The van der Waals surface area contributed by atoms with E-state index in [0.717, 1.165) is 16.7 Å². The van der Waals surface area contributed by atoms with E-state index in [1.807, 2.05) is 19.1 Å². The highest BCUT2D eigenvalue weighted by Crippen LogP contribution is 2.58. The van der Waals surface area contributed by atoms with Crippen LogP contribution in [0, 0.1) is 11.8 Å². The Labute approximate surface area is 212 Å². The number of carbonyl (C=O) groups excluding carboxylic acids is 1. The van der Waals surface area contributed by atoms with Gasteiger partial charge in [-0.3, -0.25) is 0 Å². The van der Waals surface area contributed by atoms with Gasteiger partial charge in [-0.05, 0) is 43.9 Å². The van der Waals surface area contributed by atoms with Gasteiger partial charge in [0.2, 0.25) is 18.3 Å². The van der Waals surface area contributed by atoms with E-state index in [1.165, 1.54) is 0 Å². The lowest BCUT2D eigenvalue weighted by molar-refractivity contribution is -0.148. The molecule has 0 fully saturated rings. The highest BCUT2D eigenvalue weighted by Gasteiger charge is 2.40. The number of allylic oxidation sites excluding steroid dienone is 1. The van der Waals surface area contributed by atoms with Crippen LogP contribution in [0.2, 0.25) is 0 Å². The zero-order chi connectivity index (χ0) is 26.1. The van der Waals surface area contributed by atoms with Crippen LogP contribution < -0.4 is 28.4 Å². The van der Waals surface area contributed by atoms with Gasteiger partial charge < -0.3 is 33.2 Å². The molecule has 2 aliphatic rings. The fourth-order valence-electron chi connectivity index (χ4n) is 4.96. The van der Waals surface area contributed by atoms with Crippen molar-refractivity contribution < 1.29 is 38.0 Å². The van der Waals surface area contributed by atoms with Gasteiger partial charge in [-0.2, -0.15) is 0 Å². The first kappa shape index (κ1) is 25.5. The summed E-state index contributed by atoms with van der Waals surface area (Å²) < 4.78 is 41.0. The molecule has 2 aromatic rings. The number of rotatable bonds is 6. The lowest BCUT2D eigenvalue weighted by atomic mass is 9.75. The van der Waals surface area contributed by atoms with Gasteiger partial charge in [-0.1, -0.05) is 19.9 Å². The van der Waals surface area contributed by atoms with Crippen molar-refractivity contribution in [3.63, 3.8) is 0 Å². The fourth-order valence-corrected chi connectivity index (χ4v) is 4.96. The standard InChI is InChI=1S/C28H34O8/c1-9-14(2)28(29)36-23-16(4)15(3)10-17-11-19(30-5)24(31-6)26(32-7)21(17)22-18(23)12-20-25(27(22)33-8)35-13-34-20/h9,11-12,15-16,23H,10,13H2,1-8H3. The molecule has 2 aromatic carbocycles. The first-order chi connectivity index (χ1) is 17.3. The Morgan fingerprint density at radius 1 is 0.944 bits per heavy atom. The predicted octanol–water partition coefficient (Wildman–Crippen LogP) is 5.50. The van der Waals surface area contributed by atoms with Crippen molar-refractivity contribution in [3.8, 4) is 45.6 Å². The van der Waals surface area contributed by atoms with Gasteiger partial charge in [-0.15, -0.1) is 0 Å². The van der Waals surface area contributed by atoms with Crippen LogP contribution in [0.15, 0.2) is 23.8 Å². The zero-order valence-corrected chi connectivity index (χ0v) is 22.1. The summed E-state index contributed by atoms with van der Waals surface area (Å²) in [5, 5.41) is 0. The van der Waals surface area contributed by atoms with Crippen LogP contribution in [0.4, 0.5) is 0 Å². The second-order valence-corrected chi connectivity index (χ2v) is 9.13.